The zero-order chi connectivity index (χ0) is 10.4. The molecule has 0 radical (unpaired) electrons. The average Bonchev–Trinajstić information content (AvgIpc) is 2.15. The van der Waals surface area contributed by atoms with E-state index in [9.17, 15) is 0 Å². The molecule has 82 valence electrons. The Morgan fingerprint density at radius 1 is 1.43 bits per heavy atom. The Bertz CT molecular complexity index is 199. The first-order valence-corrected chi connectivity index (χ1v) is 6.54. The summed E-state index contributed by atoms with van der Waals surface area (Å²) in [4.78, 5) is 4.55. The molecular weight excluding hydrogens is 192 g/mol. The van der Waals surface area contributed by atoms with Crippen LogP contribution in [0.15, 0.2) is 4.99 Å². The predicted molar refractivity (Wildman–Crippen MR) is 66.1 cm³/mol. The summed E-state index contributed by atoms with van der Waals surface area (Å²) >= 11 is 1.87. The van der Waals surface area contributed by atoms with E-state index < -0.39 is 0 Å². The van der Waals surface area contributed by atoms with Gasteiger partial charge in [0.2, 0.25) is 0 Å². The molecule has 1 rings (SSSR count). The SMILES string of the molecule is CCCCCNC1=NCC(C)(C)CS1. The number of hydrogen-bond donors (Lipinski definition) is 1. The topological polar surface area (TPSA) is 24.4 Å². The first-order valence-electron chi connectivity index (χ1n) is 5.55. The van der Waals surface area contributed by atoms with Crippen LogP contribution in [0.5, 0.6) is 0 Å². The van der Waals surface area contributed by atoms with E-state index in [1.807, 2.05) is 11.8 Å². The molecule has 0 aromatic heterocycles. The van der Waals surface area contributed by atoms with Crippen LogP contribution < -0.4 is 5.32 Å². The second-order valence-corrected chi connectivity index (χ2v) is 5.67. The number of unbranched alkanes of at least 4 members (excludes halogenated alkanes) is 2. The summed E-state index contributed by atoms with van der Waals surface area (Å²) in [6.07, 6.45) is 3.87. The van der Waals surface area contributed by atoms with E-state index in [0.717, 1.165) is 18.3 Å². The number of nitrogens with zero attached hydrogens (tertiary/aromatic N) is 1. The molecule has 2 nitrogen and oxygen atoms in total. The van der Waals surface area contributed by atoms with Gasteiger partial charge < -0.3 is 5.32 Å². The van der Waals surface area contributed by atoms with Gasteiger partial charge >= 0.3 is 0 Å². The third kappa shape index (κ3) is 4.36. The minimum Gasteiger partial charge on any atom is -0.365 e. The van der Waals surface area contributed by atoms with Gasteiger partial charge in [-0.25, -0.2) is 0 Å². The quantitative estimate of drug-likeness (QED) is 0.728. The first-order chi connectivity index (χ1) is 6.64. The van der Waals surface area contributed by atoms with Crippen molar-refractivity contribution >= 4 is 16.9 Å². The maximum atomic E-state index is 4.55. The molecule has 1 heterocycles. The Kier molecular flexibility index (Phi) is 4.79. The number of nitrogens with one attached hydrogen (secondary N) is 1. The van der Waals surface area contributed by atoms with Crippen molar-refractivity contribution in [2.75, 3.05) is 18.8 Å². The third-order valence-corrected chi connectivity index (χ3v) is 3.78. The molecule has 0 atom stereocenters. The summed E-state index contributed by atoms with van der Waals surface area (Å²) in [7, 11) is 0. The maximum absolute atomic E-state index is 4.55. The summed E-state index contributed by atoms with van der Waals surface area (Å²) < 4.78 is 0. The van der Waals surface area contributed by atoms with Gasteiger partial charge in [-0.05, 0) is 11.8 Å². The molecule has 1 N–H and O–H groups in total. The molecule has 1 aliphatic rings. The fourth-order valence-corrected chi connectivity index (χ4v) is 2.30. The predicted octanol–water partition coefficient (Wildman–Crippen LogP) is 2.90. The highest BCUT2D eigenvalue weighted by atomic mass is 32.2. The van der Waals surface area contributed by atoms with Crippen LogP contribution in [0.1, 0.15) is 40.0 Å². The highest BCUT2D eigenvalue weighted by Crippen LogP contribution is 2.26. The molecular formula is C11H22N2S. The summed E-state index contributed by atoms with van der Waals surface area (Å²) in [6, 6.07) is 0. The Balaban J connectivity index is 2.17. The Morgan fingerprint density at radius 3 is 2.79 bits per heavy atom. The Hall–Kier alpha value is -0.180. The number of thioether (sulfide) groups is 1. The van der Waals surface area contributed by atoms with Gasteiger partial charge in [-0.2, -0.15) is 0 Å². The Labute approximate surface area is 92.0 Å². The van der Waals surface area contributed by atoms with E-state index >= 15 is 0 Å². The van der Waals surface area contributed by atoms with Crippen molar-refractivity contribution in [3.8, 4) is 0 Å². The summed E-state index contributed by atoms with van der Waals surface area (Å²) in [5.41, 5.74) is 0.388. The zero-order valence-electron chi connectivity index (χ0n) is 9.60. The van der Waals surface area contributed by atoms with Crippen molar-refractivity contribution < 1.29 is 0 Å². The molecule has 1 aliphatic heterocycles. The molecule has 14 heavy (non-hydrogen) atoms. The lowest BCUT2D eigenvalue weighted by Crippen LogP contribution is -2.31. The van der Waals surface area contributed by atoms with Crippen molar-refractivity contribution in [3.63, 3.8) is 0 Å². The molecule has 0 fully saturated rings. The maximum Gasteiger partial charge on any atom is 0.156 e. The van der Waals surface area contributed by atoms with Gasteiger partial charge in [-0.1, -0.05) is 45.4 Å². The summed E-state index contributed by atoms with van der Waals surface area (Å²) in [5.74, 6) is 1.19. The van der Waals surface area contributed by atoms with Crippen molar-refractivity contribution in [1.29, 1.82) is 0 Å². The Morgan fingerprint density at radius 2 is 2.21 bits per heavy atom. The standard InChI is InChI=1S/C11H22N2S/c1-4-5-6-7-12-10-13-8-11(2,3)9-14-10/h4-9H2,1-3H3,(H,12,13). The number of rotatable bonds is 4. The van der Waals surface area contributed by atoms with Gasteiger partial charge in [0.1, 0.15) is 0 Å². The third-order valence-electron chi connectivity index (χ3n) is 2.31. The number of aliphatic imine (C=N–C) groups is 1. The molecule has 0 spiro atoms. The molecule has 0 aromatic carbocycles. The van der Waals surface area contributed by atoms with Crippen LogP contribution in [0.2, 0.25) is 0 Å². The van der Waals surface area contributed by atoms with Crippen LogP contribution in [0, 0.1) is 5.41 Å². The fourth-order valence-electron chi connectivity index (χ4n) is 1.32. The monoisotopic (exact) mass is 214 g/mol. The lowest BCUT2D eigenvalue weighted by Gasteiger charge is -2.27. The van der Waals surface area contributed by atoms with E-state index in [1.165, 1.54) is 25.0 Å². The molecule has 0 unspecified atom stereocenters. The van der Waals surface area contributed by atoms with Crippen LogP contribution in [0.25, 0.3) is 0 Å². The van der Waals surface area contributed by atoms with Crippen LogP contribution in [-0.4, -0.2) is 24.0 Å². The van der Waals surface area contributed by atoms with E-state index in [0.29, 0.717) is 5.41 Å². The van der Waals surface area contributed by atoms with Gasteiger partial charge in [0.15, 0.2) is 5.17 Å². The summed E-state index contributed by atoms with van der Waals surface area (Å²) in [5, 5.41) is 4.56. The lowest BCUT2D eigenvalue weighted by molar-refractivity contribution is 0.436. The van der Waals surface area contributed by atoms with Gasteiger partial charge in [-0.15, -0.1) is 0 Å². The van der Waals surface area contributed by atoms with Crippen molar-refractivity contribution in [3.05, 3.63) is 0 Å². The van der Waals surface area contributed by atoms with E-state index in [1.54, 1.807) is 0 Å². The lowest BCUT2D eigenvalue weighted by atomic mass is 9.97. The molecule has 0 bridgehead atoms. The molecule has 0 amide bonds. The second kappa shape index (κ2) is 5.64. The van der Waals surface area contributed by atoms with Gasteiger partial charge in [-0.3, -0.25) is 4.99 Å². The van der Waals surface area contributed by atoms with Gasteiger partial charge in [0.25, 0.3) is 0 Å². The van der Waals surface area contributed by atoms with Gasteiger partial charge in [0.05, 0.1) is 0 Å². The zero-order valence-corrected chi connectivity index (χ0v) is 10.4. The molecule has 0 aliphatic carbocycles. The average molecular weight is 214 g/mol. The van der Waals surface area contributed by atoms with E-state index in [2.05, 4.69) is 31.1 Å². The van der Waals surface area contributed by atoms with E-state index in [4.69, 9.17) is 0 Å². The highest BCUT2D eigenvalue weighted by molar-refractivity contribution is 8.13. The minimum absolute atomic E-state index is 0.388. The fraction of sp³-hybridized carbons (Fsp3) is 0.909. The normalized spacial score (nSPS) is 20.4. The minimum atomic E-state index is 0.388. The number of amidine groups is 1. The summed E-state index contributed by atoms with van der Waals surface area (Å²) in [6.45, 7) is 8.83. The van der Waals surface area contributed by atoms with Crippen molar-refractivity contribution in [1.82, 2.24) is 5.32 Å². The van der Waals surface area contributed by atoms with Crippen molar-refractivity contribution in [2.24, 2.45) is 10.4 Å². The highest BCUT2D eigenvalue weighted by Gasteiger charge is 2.22. The van der Waals surface area contributed by atoms with Crippen molar-refractivity contribution in [2.45, 2.75) is 40.0 Å². The molecule has 0 aromatic rings. The molecule has 3 heteroatoms. The van der Waals surface area contributed by atoms with Gasteiger partial charge in [0, 0.05) is 18.8 Å². The first kappa shape index (κ1) is 11.9. The van der Waals surface area contributed by atoms with E-state index in [-0.39, 0.29) is 0 Å². The van der Waals surface area contributed by atoms with Crippen LogP contribution in [-0.2, 0) is 0 Å². The van der Waals surface area contributed by atoms with Crippen LogP contribution in [0.3, 0.4) is 0 Å². The molecule has 0 saturated heterocycles. The smallest absolute Gasteiger partial charge is 0.156 e. The second-order valence-electron chi connectivity index (χ2n) is 4.71. The number of hydrogen-bond acceptors (Lipinski definition) is 3. The molecule has 0 saturated carbocycles. The van der Waals surface area contributed by atoms with Crippen LogP contribution >= 0.6 is 11.8 Å². The van der Waals surface area contributed by atoms with Crippen LogP contribution in [0.4, 0.5) is 0 Å². The largest absolute Gasteiger partial charge is 0.365 e.